The molecule has 2 aliphatic rings. The number of benzene rings is 1. The van der Waals surface area contributed by atoms with Gasteiger partial charge >= 0.3 is 0 Å². The molecule has 2 atom stereocenters. The Morgan fingerprint density at radius 1 is 1.11 bits per heavy atom. The van der Waals surface area contributed by atoms with E-state index in [9.17, 15) is 5.26 Å². The minimum atomic E-state index is 0.214. The number of nitriles is 1. The molecule has 0 spiro atoms. The number of hydrogen-bond acceptors (Lipinski definition) is 7. The summed E-state index contributed by atoms with van der Waals surface area (Å²) >= 11 is 0. The second-order valence-corrected chi connectivity index (χ2v) is 9.96. The van der Waals surface area contributed by atoms with E-state index in [-0.39, 0.29) is 12.1 Å². The summed E-state index contributed by atoms with van der Waals surface area (Å²) in [6.45, 7) is 2.04. The third kappa shape index (κ3) is 4.45. The van der Waals surface area contributed by atoms with Gasteiger partial charge in [-0.05, 0) is 75.9 Å². The Morgan fingerprint density at radius 2 is 2.00 bits per heavy atom. The molecule has 4 aromatic rings. The van der Waals surface area contributed by atoms with Crippen LogP contribution in [0.25, 0.3) is 28.0 Å². The molecule has 1 saturated heterocycles. The summed E-state index contributed by atoms with van der Waals surface area (Å²) in [5, 5.41) is 22.1. The fourth-order valence-electron chi connectivity index (χ4n) is 5.50. The molecule has 1 aliphatic heterocycles. The molecule has 184 valence electrons. The topological polar surface area (TPSA) is 122 Å². The number of nitrogens with zero attached hydrogens (tertiary/aromatic N) is 6. The molecule has 9 heteroatoms. The van der Waals surface area contributed by atoms with Crippen LogP contribution in [0.4, 0.5) is 5.82 Å². The number of aromatic nitrogens is 5. The number of hydrogen-bond donors (Lipinski definition) is 3. The summed E-state index contributed by atoms with van der Waals surface area (Å²) in [5.41, 5.74) is 9.85. The van der Waals surface area contributed by atoms with Crippen molar-refractivity contribution in [3.8, 4) is 23.1 Å². The second-order valence-electron chi connectivity index (χ2n) is 9.96. The molecule has 0 bridgehead atoms. The molecule has 2 fully saturated rings. The zero-order chi connectivity index (χ0) is 24.5. The highest BCUT2D eigenvalue weighted by Crippen LogP contribution is 2.31. The van der Waals surface area contributed by atoms with Crippen LogP contribution in [0.5, 0.6) is 0 Å². The Labute approximate surface area is 210 Å². The average molecular weight is 482 g/mol. The lowest BCUT2D eigenvalue weighted by molar-refractivity contribution is 0.343. The number of nitrogens with one attached hydrogen (secondary N) is 2. The van der Waals surface area contributed by atoms with Crippen LogP contribution in [-0.4, -0.2) is 49.5 Å². The maximum atomic E-state index is 9.25. The molecular formula is C27H31N9. The summed E-state index contributed by atoms with van der Waals surface area (Å²) < 4.78 is 4.06. The Bertz CT molecular complexity index is 1410. The fourth-order valence-corrected chi connectivity index (χ4v) is 5.50. The smallest absolute Gasteiger partial charge is 0.236 e. The van der Waals surface area contributed by atoms with Gasteiger partial charge in [0.05, 0.1) is 29.4 Å². The Morgan fingerprint density at radius 3 is 2.83 bits per heavy atom. The van der Waals surface area contributed by atoms with Gasteiger partial charge in [0.2, 0.25) is 5.95 Å². The highest BCUT2D eigenvalue weighted by atomic mass is 15.3. The third-order valence-electron chi connectivity index (χ3n) is 7.46. The Kier molecular flexibility index (Phi) is 6.13. The lowest BCUT2D eigenvalue weighted by atomic mass is 9.91. The van der Waals surface area contributed by atoms with Crippen LogP contribution in [0.3, 0.4) is 0 Å². The Balaban J connectivity index is 1.38. The number of piperidine rings is 1. The van der Waals surface area contributed by atoms with E-state index in [1.165, 1.54) is 0 Å². The molecular weight excluding hydrogens is 450 g/mol. The van der Waals surface area contributed by atoms with Crippen LogP contribution in [0, 0.1) is 11.3 Å². The first-order valence-corrected chi connectivity index (χ1v) is 12.8. The molecule has 1 aliphatic carbocycles. The van der Waals surface area contributed by atoms with Crippen molar-refractivity contribution in [1.29, 1.82) is 5.26 Å². The van der Waals surface area contributed by atoms with Gasteiger partial charge in [0.25, 0.3) is 0 Å². The lowest BCUT2D eigenvalue weighted by Gasteiger charge is -2.28. The van der Waals surface area contributed by atoms with Crippen molar-refractivity contribution in [2.45, 2.75) is 56.7 Å². The molecule has 4 heterocycles. The molecule has 9 nitrogen and oxygen atoms in total. The van der Waals surface area contributed by atoms with Crippen LogP contribution >= 0.6 is 0 Å². The van der Waals surface area contributed by atoms with E-state index >= 15 is 0 Å². The van der Waals surface area contributed by atoms with Crippen LogP contribution in [-0.2, 0) is 0 Å². The van der Waals surface area contributed by atoms with E-state index in [2.05, 4.69) is 27.6 Å². The summed E-state index contributed by atoms with van der Waals surface area (Å²) in [6, 6.07) is 10.8. The Hall–Kier alpha value is -3.74. The van der Waals surface area contributed by atoms with Gasteiger partial charge in [-0.3, -0.25) is 9.25 Å². The van der Waals surface area contributed by atoms with Crippen molar-refractivity contribution < 1.29 is 0 Å². The van der Waals surface area contributed by atoms with Gasteiger partial charge in [0, 0.05) is 47.2 Å². The molecule has 2 unspecified atom stereocenters. The number of anilines is 1. The quantitative estimate of drug-likeness (QED) is 0.397. The SMILES string of the molecule is N#Cc1ccc2c(ccn2-c2ncc(-c3cnn(C4CCNCC4)c3)c(NC3CCCC(N)C3)n2)c1. The largest absolute Gasteiger partial charge is 0.367 e. The molecule has 0 amide bonds. The number of rotatable bonds is 5. The zero-order valence-electron chi connectivity index (χ0n) is 20.3. The summed E-state index contributed by atoms with van der Waals surface area (Å²) in [5.74, 6) is 1.39. The first-order chi connectivity index (χ1) is 17.7. The lowest BCUT2D eigenvalue weighted by Crippen LogP contribution is -2.35. The first kappa shape index (κ1) is 22.7. The number of nitrogens with two attached hydrogens (primary N) is 1. The first-order valence-electron chi connectivity index (χ1n) is 12.8. The van der Waals surface area contributed by atoms with E-state index in [4.69, 9.17) is 20.8 Å². The minimum absolute atomic E-state index is 0.214. The van der Waals surface area contributed by atoms with E-state index in [1.807, 2.05) is 47.4 Å². The molecule has 1 aromatic carbocycles. The average Bonchev–Trinajstić information content (AvgIpc) is 3.57. The summed E-state index contributed by atoms with van der Waals surface area (Å²) in [4.78, 5) is 9.77. The summed E-state index contributed by atoms with van der Waals surface area (Å²) in [6.07, 6.45) is 14.2. The normalized spacial score (nSPS) is 20.9. The molecule has 6 rings (SSSR count). The van der Waals surface area contributed by atoms with Crippen molar-refractivity contribution in [3.63, 3.8) is 0 Å². The summed E-state index contributed by atoms with van der Waals surface area (Å²) in [7, 11) is 0. The van der Waals surface area contributed by atoms with Gasteiger partial charge in [0.1, 0.15) is 5.82 Å². The van der Waals surface area contributed by atoms with Gasteiger partial charge in [-0.1, -0.05) is 0 Å². The monoisotopic (exact) mass is 481 g/mol. The van der Waals surface area contributed by atoms with Crippen molar-refractivity contribution in [3.05, 3.63) is 54.6 Å². The fraction of sp³-hybridized carbons (Fsp3) is 0.407. The van der Waals surface area contributed by atoms with Crippen LogP contribution in [0.2, 0.25) is 0 Å². The number of fused-ring (bicyclic) bond motifs is 1. The maximum absolute atomic E-state index is 9.25. The standard InChI is InChI=1S/C27H31N9/c28-14-18-4-5-25-19(12-18)8-11-35(25)27-31-16-24(26(34-27)33-22-3-1-2-21(29)13-22)20-15-32-36(17-20)23-6-9-30-10-7-23/h4-5,8,11-12,15-17,21-23,30H,1-3,6-7,9-10,13,29H2,(H,31,33,34). The van der Waals surface area contributed by atoms with E-state index in [0.29, 0.717) is 17.6 Å². The maximum Gasteiger partial charge on any atom is 0.236 e. The van der Waals surface area contributed by atoms with Gasteiger partial charge < -0.3 is 16.4 Å². The van der Waals surface area contributed by atoms with Crippen molar-refractivity contribution in [1.82, 2.24) is 29.6 Å². The van der Waals surface area contributed by atoms with Crippen molar-refractivity contribution in [2.75, 3.05) is 18.4 Å². The van der Waals surface area contributed by atoms with Crippen LogP contribution in [0.15, 0.2) is 49.1 Å². The van der Waals surface area contributed by atoms with E-state index < -0.39 is 0 Å². The van der Waals surface area contributed by atoms with Crippen LogP contribution < -0.4 is 16.4 Å². The van der Waals surface area contributed by atoms with Gasteiger partial charge in [-0.25, -0.2) is 4.98 Å². The minimum Gasteiger partial charge on any atom is -0.367 e. The molecule has 1 saturated carbocycles. The molecule has 4 N–H and O–H groups in total. The predicted octanol–water partition coefficient (Wildman–Crippen LogP) is 3.76. The molecule has 0 radical (unpaired) electrons. The van der Waals surface area contributed by atoms with Gasteiger partial charge in [-0.15, -0.1) is 0 Å². The highest BCUT2D eigenvalue weighted by molar-refractivity contribution is 5.83. The van der Waals surface area contributed by atoms with Gasteiger partial charge in [0.15, 0.2) is 0 Å². The molecule has 3 aromatic heterocycles. The highest BCUT2D eigenvalue weighted by Gasteiger charge is 2.23. The van der Waals surface area contributed by atoms with Crippen LogP contribution in [0.1, 0.15) is 50.1 Å². The van der Waals surface area contributed by atoms with Crippen molar-refractivity contribution >= 4 is 16.7 Å². The molecule has 36 heavy (non-hydrogen) atoms. The zero-order valence-corrected chi connectivity index (χ0v) is 20.3. The predicted molar refractivity (Wildman–Crippen MR) is 140 cm³/mol. The van der Waals surface area contributed by atoms with Gasteiger partial charge in [-0.2, -0.15) is 15.3 Å². The van der Waals surface area contributed by atoms with Crippen molar-refractivity contribution in [2.24, 2.45) is 5.73 Å². The third-order valence-corrected chi connectivity index (χ3v) is 7.46. The second kappa shape index (κ2) is 9.72. The van der Waals surface area contributed by atoms with E-state index in [0.717, 1.165) is 79.5 Å². The van der Waals surface area contributed by atoms with E-state index in [1.54, 1.807) is 0 Å².